The maximum atomic E-state index is 11.8. The van der Waals surface area contributed by atoms with Crippen molar-refractivity contribution in [3.8, 4) is 11.5 Å². The molecule has 0 spiro atoms. The van der Waals surface area contributed by atoms with Gasteiger partial charge in [0.05, 0.1) is 13.2 Å². The molecule has 1 aliphatic rings. The van der Waals surface area contributed by atoms with Crippen molar-refractivity contribution < 1.29 is 39.4 Å². The molecule has 8 heteroatoms. The van der Waals surface area contributed by atoms with Crippen molar-refractivity contribution in [3.63, 3.8) is 0 Å². The lowest BCUT2D eigenvalue weighted by Crippen LogP contribution is -2.57. The van der Waals surface area contributed by atoms with E-state index in [1.165, 1.54) is 32.2 Å². The fraction of sp³-hybridized carbons (Fsp3) is 0.438. The average molecular weight is 340 g/mol. The van der Waals surface area contributed by atoms with E-state index in [0.29, 0.717) is 5.56 Å². The van der Waals surface area contributed by atoms with Crippen molar-refractivity contribution in [2.75, 3.05) is 7.11 Å². The number of phenols is 1. The Morgan fingerprint density at radius 1 is 1.21 bits per heavy atom. The van der Waals surface area contributed by atoms with E-state index >= 15 is 0 Å². The van der Waals surface area contributed by atoms with Crippen molar-refractivity contribution in [2.24, 2.45) is 0 Å². The van der Waals surface area contributed by atoms with Crippen molar-refractivity contribution in [1.82, 2.24) is 0 Å². The Labute approximate surface area is 138 Å². The number of methoxy groups -OCH3 is 1. The third-order valence-electron chi connectivity index (χ3n) is 3.66. The Morgan fingerprint density at radius 2 is 1.92 bits per heavy atom. The number of carbonyl (C=O) groups excluding carboxylic acids is 1. The maximum absolute atomic E-state index is 11.8. The van der Waals surface area contributed by atoms with Gasteiger partial charge in [-0.1, -0.05) is 6.07 Å². The van der Waals surface area contributed by atoms with Crippen LogP contribution in [0.3, 0.4) is 0 Å². The number of rotatable bonds is 4. The number of hydrogen-bond donors (Lipinski definition) is 4. The fourth-order valence-corrected chi connectivity index (χ4v) is 2.23. The number of carbonyl (C=O) groups is 1. The van der Waals surface area contributed by atoms with Crippen molar-refractivity contribution in [3.05, 3.63) is 29.8 Å². The van der Waals surface area contributed by atoms with Gasteiger partial charge in [-0.15, -0.1) is 0 Å². The number of phenolic OH excluding ortho intramolecular Hbond substituents is 1. The van der Waals surface area contributed by atoms with Crippen molar-refractivity contribution in [1.29, 1.82) is 0 Å². The van der Waals surface area contributed by atoms with E-state index in [1.807, 2.05) is 0 Å². The van der Waals surface area contributed by atoms with Crippen LogP contribution in [0.25, 0.3) is 6.08 Å². The van der Waals surface area contributed by atoms with Crippen LogP contribution >= 0.6 is 0 Å². The van der Waals surface area contributed by atoms with Gasteiger partial charge >= 0.3 is 5.97 Å². The minimum absolute atomic E-state index is 0.0301. The maximum Gasteiger partial charge on any atom is 0.333 e. The topological polar surface area (TPSA) is 126 Å². The molecule has 0 bridgehead atoms. The third kappa shape index (κ3) is 4.04. The van der Waals surface area contributed by atoms with Gasteiger partial charge in [-0.25, -0.2) is 4.79 Å². The van der Waals surface area contributed by atoms with Crippen molar-refractivity contribution >= 4 is 12.0 Å². The summed E-state index contributed by atoms with van der Waals surface area (Å²) < 4.78 is 15.1. The first-order valence-electron chi connectivity index (χ1n) is 7.29. The molecule has 8 nitrogen and oxygen atoms in total. The third-order valence-corrected chi connectivity index (χ3v) is 3.66. The normalized spacial score (nSPS) is 30.3. The highest BCUT2D eigenvalue weighted by atomic mass is 16.7. The molecule has 24 heavy (non-hydrogen) atoms. The molecule has 4 N–H and O–H groups in total. The quantitative estimate of drug-likeness (QED) is 0.438. The first-order valence-corrected chi connectivity index (χ1v) is 7.29. The van der Waals surface area contributed by atoms with Crippen LogP contribution in [0.15, 0.2) is 24.3 Å². The summed E-state index contributed by atoms with van der Waals surface area (Å²) in [6, 6.07) is 4.50. The highest BCUT2D eigenvalue weighted by Gasteiger charge is 2.43. The Bertz CT molecular complexity index is 614. The van der Waals surface area contributed by atoms with Gasteiger partial charge in [-0.2, -0.15) is 0 Å². The van der Waals surface area contributed by atoms with Gasteiger partial charge in [0.2, 0.25) is 6.29 Å². The summed E-state index contributed by atoms with van der Waals surface area (Å²) in [5.74, 6) is -0.582. The first-order chi connectivity index (χ1) is 11.3. The number of aliphatic hydroxyl groups excluding tert-OH is 3. The highest BCUT2D eigenvalue weighted by molar-refractivity contribution is 5.87. The molecule has 5 unspecified atom stereocenters. The number of benzene rings is 1. The molecule has 2 rings (SSSR count). The van der Waals surface area contributed by atoms with Crippen molar-refractivity contribution in [2.45, 2.75) is 37.6 Å². The van der Waals surface area contributed by atoms with Gasteiger partial charge in [0.25, 0.3) is 0 Å². The van der Waals surface area contributed by atoms with Crippen LogP contribution in [-0.2, 0) is 14.3 Å². The second-order valence-corrected chi connectivity index (χ2v) is 5.38. The molecule has 1 saturated heterocycles. The predicted octanol–water partition coefficient (Wildman–Crippen LogP) is -0.215. The Morgan fingerprint density at radius 3 is 2.58 bits per heavy atom. The Kier molecular flexibility index (Phi) is 5.79. The van der Waals surface area contributed by atoms with E-state index < -0.39 is 36.7 Å². The molecule has 1 heterocycles. The summed E-state index contributed by atoms with van der Waals surface area (Å²) in [7, 11) is 1.40. The molecule has 0 amide bonds. The van der Waals surface area contributed by atoms with E-state index in [-0.39, 0.29) is 11.5 Å². The molecule has 1 aromatic carbocycles. The van der Waals surface area contributed by atoms with Crippen LogP contribution in [0.2, 0.25) is 0 Å². The zero-order valence-corrected chi connectivity index (χ0v) is 13.2. The molecule has 1 aliphatic heterocycles. The average Bonchev–Trinajstić information content (AvgIpc) is 2.57. The van der Waals surface area contributed by atoms with Gasteiger partial charge < -0.3 is 34.6 Å². The predicted molar refractivity (Wildman–Crippen MR) is 82.1 cm³/mol. The summed E-state index contributed by atoms with van der Waals surface area (Å²) in [5.41, 5.74) is 0.579. The Balaban J connectivity index is 2.00. The summed E-state index contributed by atoms with van der Waals surface area (Å²) >= 11 is 0. The molecule has 0 aliphatic carbocycles. The Hall–Kier alpha value is -2.13. The highest BCUT2D eigenvalue weighted by Crippen LogP contribution is 2.27. The van der Waals surface area contributed by atoms with E-state index in [9.17, 15) is 25.2 Å². The van der Waals surface area contributed by atoms with Gasteiger partial charge in [0, 0.05) is 6.08 Å². The van der Waals surface area contributed by atoms with Crippen LogP contribution in [-0.4, -0.2) is 64.2 Å². The largest absolute Gasteiger partial charge is 0.504 e. The summed E-state index contributed by atoms with van der Waals surface area (Å²) in [5, 5.41) is 38.5. The molecule has 1 aromatic rings. The lowest BCUT2D eigenvalue weighted by atomic mass is 10.0. The summed E-state index contributed by atoms with van der Waals surface area (Å²) in [4.78, 5) is 11.8. The van der Waals surface area contributed by atoms with E-state index in [0.717, 1.165) is 6.08 Å². The van der Waals surface area contributed by atoms with Crippen LogP contribution in [0, 0.1) is 0 Å². The molecular weight excluding hydrogens is 320 g/mol. The fourth-order valence-electron chi connectivity index (χ4n) is 2.23. The lowest BCUT2D eigenvalue weighted by molar-refractivity contribution is -0.283. The molecular formula is C16H20O8. The zero-order valence-electron chi connectivity index (χ0n) is 13.2. The summed E-state index contributed by atoms with van der Waals surface area (Å²) in [6.07, 6.45) is -3.95. The van der Waals surface area contributed by atoms with E-state index in [2.05, 4.69) is 0 Å². The van der Waals surface area contributed by atoms with Gasteiger partial charge in [-0.3, -0.25) is 0 Å². The molecule has 132 valence electrons. The van der Waals surface area contributed by atoms with Crippen LogP contribution in [0.4, 0.5) is 0 Å². The minimum Gasteiger partial charge on any atom is -0.504 e. The smallest absolute Gasteiger partial charge is 0.333 e. The van der Waals surface area contributed by atoms with Gasteiger partial charge in [0.15, 0.2) is 11.5 Å². The first kappa shape index (κ1) is 18.2. The molecule has 0 saturated carbocycles. The second-order valence-electron chi connectivity index (χ2n) is 5.38. The molecule has 0 aromatic heterocycles. The van der Waals surface area contributed by atoms with E-state index in [4.69, 9.17) is 14.2 Å². The number of aliphatic hydroxyl groups is 3. The number of aromatic hydroxyl groups is 1. The van der Waals surface area contributed by atoms with Crippen LogP contribution in [0.5, 0.6) is 11.5 Å². The monoisotopic (exact) mass is 340 g/mol. The summed E-state index contributed by atoms with van der Waals surface area (Å²) in [6.45, 7) is 1.49. The second kappa shape index (κ2) is 7.63. The van der Waals surface area contributed by atoms with Gasteiger partial charge in [-0.05, 0) is 30.7 Å². The number of hydrogen-bond acceptors (Lipinski definition) is 8. The zero-order chi connectivity index (χ0) is 17.9. The number of esters is 1. The molecule has 0 radical (unpaired) electrons. The van der Waals surface area contributed by atoms with Crippen LogP contribution in [0.1, 0.15) is 12.5 Å². The molecule has 5 atom stereocenters. The standard InChI is InChI=1S/C16H20O8/c1-8-13(19)14(20)15(21)16(23-8)24-12(18)6-4-9-3-5-10(17)11(7-9)22-2/h3-8,13-17,19-21H,1-2H3/b6-4+. The molecule has 1 fully saturated rings. The van der Waals surface area contributed by atoms with E-state index in [1.54, 1.807) is 6.07 Å². The number of ether oxygens (including phenoxy) is 3. The lowest BCUT2D eigenvalue weighted by Gasteiger charge is -2.38. The van der Waals surface area contributed by atoms with Crippen LogP contribution < -0.4 is 4.74 Å². The minimum atomic E-state index is -1.55. The van der Waals surface area contributed by atoms with Gasteiger partial charge in [0.1, 0.15) is 18.3 Å². The SMILES string of the molecule is COc1cc(/C=C/C(=O)OC2OC(C)C(O)C(O)C2O)ccc1O.